The second-order valence-electron chi connectivity index (χ2n) is 8.14. The Morgan fingerprint density at radius 1 is 1.28 bits per heavy atom. The van der Waals surface area contributed by atoms with Gasteiger partial charge in [0.05, 0.1) is 43.3 Å². The van der Waals surface area contributed by atoms with E-state index in [2.05, 4.69) is 15.3 Å². The number of benzene rings is 1. The highest BCUT2D eigenvalue weighted by Gasteiger charge is 2.41. The molecule has 2 aliphatic rings. The van der Waals surface area contributed by atoms with Gasteiger partial charge in [0.15, 0.2) is 5.82 Å². The predicted molar refractivity (Wildman–Crippen MR) is 113 cm³/mol. The van der Waals surface area contributed by atoms with Crippen LogP contribution in [0.3, 0.4) is 0 Å². The zero-order valence-corrected chi connectivity index (χ0v) is 17.7. The number of carbonyl (C=O) groups is 1. The molecule has 1 fully saturated rings. The lowest BCUT2D eigenvalue weighted by molar-refractivity contribution is 0.0177. The highest BCUT2D eigenvalue weighted by Crippen LogP contribution is 2.39. The lowest BCUT2D eigenvalue weighted by atomic mass is 10.1. The summed E-state index contributed by atoms with van der Waals surface area (Å²) in [5, 5.41) is 11.9. The Kier molecular flexibility index (Phi) is 5.74. The molecule has 1 aromatic carbocycles. The molecule has 1 saturated carbocycles. The van der Waals surface area contributed by atoms with Gasteiger partial charge < -0.3 is 25.0 Å². The predicted octanol–water partition coefficient (Wildman–Crippen LogP) is 3.90. The van der Waals surface area contributed by atoms with Gasteiger partial charge in [-0.1, -0.05) is 12.8 Å². The van der Waals surface area contributed by atoms with Crippen molar-refractivity contribution in [3.8, 4) is 5.75 Å². The molecule has 1 aliphatic heterocycles. The van der Waals surface area contributed by atoms with Gasteiger partial charge in [-0.05, 0) is 18.9 Å². The fourth-order valence-corrected chi connectivity index (χ4v) is 4.34. The number of carboxylic acid groups (broad SMARTS) is 1. The molecule has 0 atom stereocenters. The van der Waals surface area contributed by atoms with Gasteiger partial charge in [-0.3, -0.25) is 0 Å². The minimum absolute atomic E-state index is 0.0456. The Bertz CT molecular complexity index is 1030. The first-order chi connectivity index (χ1) is 15.2. The first-order valence-corrected chi connectivity index (χ1v) is 10.3. The number of aromatic nitrogens is 2. The number of nitrogens with zero attached hydrogens (tertiary/aromatic N) is 4. The third kappa shape index (κ3) is 4.23. The normalized spacial score (nSPS) is 18.3. The van der Waals surface area contributed by atoms with Crippen LogP contribution in [0.1, 0.15) is 36.0 Å². The molecule has 1 aromatic heterocycles. The van der Waals surface area contributed by atoms with E-state index in [-0.39, 0.29) is 23.4 Å². The van der Waals surface area contributed by atoms with E-state index in [1.165, 1.54) is 18.2 Å². The number of halogens is 3. The Balaban J connectivity index is 1.73. The third-order valence-corrected chi connectivity index (χ3v) is 5.84. The molecule has 8 nitrogen and oxygen atoms in total. The molecule has 4 rings (SSSR count). The summed E-state index contributed by atoms with van der Waals surface area (Å²) in [6.45, 7) is -0.897. The van der Waals surface area contributed by atoms with E-state index in [0.29, 0.717) is 11.5 Å². The molecule has 0 saturated heterocycles. The van der Waals surface area contributed by atoms with Crippen LogP contribution in [0.2, 0.25) is 0 Å². The van der Waals surface area contributed by atoms with E-state index < -0.39 is 36.4 Å². The maximum absolute atomic E-state index is 14.6. The third-order valence-electron chi connectivity index (χ3n) is 5.84. The van der Waals surface area contributed by atoms with Crippen LogP contribution in [0.5, 0.6) is 5.75 Å². The Morgan fingerprint density at radius 3 is 2.66 bits per heavy atom. The summed E-state index contributed by atoms with van der Waals surface area (Å²) >= 11 is 0. The number of methoxy groups -OCH3 is 1. The Hall–Kier alpha value is -3.24. The van der Waals surface area contributed by atoms with E-state index in [1.807, 2.05) is 0 Å². The maximum Gasteiger partial charge on any atom is 0.338 e. The number of ether oxygens (including phenoxy) is 1. The second-order valence-corrected chi connectivity index (χ2v) is 8.14. The fourth-order valence-electron chi connectivity index (χ4n) is 4.34. The molecule has 0 spiro atoms. The summed E-state index contributed by atoms with van der Waals surface area (Å²) in [5.41, 5.74) is 0.0696. The molecule has 2 aromatic rings. The molecule has 2 heterocycles. The van der Waals surface area contributed by atoms with Crippen molar-refractivity contribution in [3.05, 3.63) is 29.7 Å². The van der Waals surface area contributed by atoms with Crippen molar-refractivity contribution in [2.24, 2.45) is 0 Å². The first-order valence-electron chi connectivity index (χ1n) is 10.3. The van der Waals surface area contributed by atoms with Gasteiger partial charge in [-0.15, -0.1) is 0 Å². The molecule has 2 N–H and O–H groups in total. The number of alkyl halides is 2. The van der Waals surface area contributed by atoms with E-state index in [4.69, 9.17) is 9.84 Å². The summed E-state index contributed by atoms with van der Waals surface area (Å²) in [6.07, 6.45) is 5.02. The van der Waals surface area contributed by atoms with Crippen LogP contribution in [0.25, 0.3) is 0 Å². The van der Waals surface area contributed by atoms with Crippen molar-refractivity contribution in [1.29, 1.82) is 0 Å². The van der Waals surface area contributed by atoms with Gasteiger partial charge in [0, 0.05) is 19.2 Å². The van der Waals surface area contributed by atoms with E-state index in [0.717, 1.165) is 37.8 Å². The summed E-state index contributed by atoms with van der Waals surface area (Å²) in [6, 6.07) is 1.99. The van der Waals surface area contributed by atoms with Crippen molar-refractivity contribution >= 4 is 29.1 Å². The number of aromatic carboxylic acids is 1. The van der Waals surface area contributed by atoms with E-state index >= 15 is 0 Å². The second kappa shape index (κ2) is 8.36. The molecular weight excluding hydrogens is 427 g/mol. The van der Waals surface area contributed by atoms with Gasteiger partial charge in [0.1, 0.15) is 11.6 Å². The molecule has 0 bridgehead atoms. The molecule has 32 heavy (non-hydrogen) atoms. The number of anilines is 4. The largest absolute Gasteiger partial charge is 0.495 e. The number of fused-ring (bicyclic) bond motifs is 1. The minimum Gasteiger partial charge on any atom is -0.495 e. The summed E-state index contributed by atoms with van der Waals surface area (Å²) in [5.74, 6) is -4.78. The zero-order valence-electron chi connectivity index (χ0n) is 17.7. The summed E-state index contributed by atoms with van der Waals surface area (Å²) in [4.78, 5) is 23.0. The number of rotatable bonds is 5. The standard InChI is InChI=1S/C21H24F3N5O3/c1-28-10-21(23,24)11-29(12-5-3-4-6-12)18-16(28)9-25-20(27-18)26-15-8-14(22)13(19(30)31)7-17(15)32-2/h7-9,12H,3-6,10-11H2,1-2H3,(H,30,31)(H,25,26,27). The first kappa shape index (κ1) is 22.0. The van der Waals surface area contributed by atoms with Crippen molar-refractivity contribution < 1.29 is 27.8 Å². The van der Waals surface area contributed by atoms with Crippen molar-refractivity contribution in [2.75, 3.05) is 42.4 Å². The fraction of sp³-hybridized carbons (Fsp3) is 0.476. The SMILES string of the molecule is COc1cc(C(=O)O)c(F)cc1Nc1ncc2c(n1)N(C1CCCC1)CC(F)(F)CN2C. The van der Waals surface area contributed by atoms with Crippen LogP contribution in [-0.2, 0) is 0 Å². The summed E-state index contributed by atoms with van der Waals surface area (Å²) < 4.78 is 48.7. The van der Waals surface area contributed by atoms with Gasteiger partial charge in [-0.25, -0.2) is 22.9 Å². The van der Waals surface area contributed by atoms with Gasteiger partial charge in [0.2, 0.25) is 5.95 Å². The summed E-state index contributed by atoms with van der Waals surface area (Å²) in [7, 11) is 2.89. The zero-order chi connectivity index (χ0) is 23.0. The quantitative estimate of drug-likeness (QED) is 0.708. The minimum atomic E-state index is -2.93. The van der Waals surface area contributed by atoms with Crippen LogP contribution >= 0.6 is 0 Å². The smallest absolute Gasteiger partial charge is 0.338 e. The van der Waals surface area contributed by atoms with E-state index in [9.17, 15) is 18.0 Å². The van der Waals surface area contributed by atoms with Crippen LogP contribution in [0.4, 0.5) is 36.3 Å². The molecule has 172 valence electrons. The van der Waals surface area contributed by atoms with Crippen molar-refractivity contribution in [2.45, 2.75) is 37.6 Å². The number of carboxylic acids is 1. The lowest BCUT2D eigenvalue weighted by Gasteiger charge is -2.31. The monoisotopic (exact) mass is 451 g/mol. The number of nitrogens with one attached hydrogen (secondary N) is 1. The molecule has 0 radical (unpaired) electrons. The van der Waals surface area contributed by atoms with Crippen LogP contribution in [0.15, 0.2) is 18.3 Å². The Morgan fingerprint density at radius 2 is 2.00 bits per heavy atom. The molecular formula is C21H24F3N5O3. The maximum atomic E-state index is 14.6. The van der Waals surface area contributed by atoms with Crippen molar-refractivity contribution in [3.63, 3.8) is 0 Å². The molecule has 0 amide bonds. The highest BCUT2D eigenvalue weighted by molar-refractivity contribution is 5.89. The van der Waals surface area contributed by atoms with Gasteiger partial charge in [-0.2, -0.15) is 4.98 Å². The average Bonchev–Trinajstić information content (AvgIpc) is 3.23. The molecule has 1 aliphatic carbocycles. The van der Waals surface area contributed by atoms with Gasteiger partial charge in [0.25, 0.3) is 5.92 Å². The number of hydrogen-bond donors (Lipinski definition) is 2. The average molecular weight is 451 g/mol. The number of hydrogen-bond acceptors (Lipinski definition) is 7. The molecule has 11 heteroatoms. The van der Waals surface area contributed by atoms with Crippen molar-refractivity contribution in [1.82, 2.24) is 9.97 Å². The van der Waals surface area contributed by atoms with Gasteiger partial charge >= 0.3 is 5.97 Å². The topological polar surface area (TPSA) is 90.8 Å². The van der Waals surface area contributed by atoms with Crippen LogP contribution in [0, 0.1) is 5.82 Å². The Labute approximate surface area is 183 Å². The lowest BCUT2D eigenvalue weighted by Crippen LogP contribution is -2.44. The van der Waals surface area contributed by atoms with Crippen LogP contribution < -0.4 is 19.9 Å². The highest BCUT2D eigenvalue weighted by atomic mass is 19.3. The molecule has 0 unspecified atom stereocenters. The van der Waals surface area contributed by atoms with E-state index in [1.54, 1.807) is 11.9 Å². The van der Waals surface area contributed by atoms with Crippen LogP contribution in [-0.4, -0.2) is 60.3 Å².